The molecule has 2 heterocycles. The third-order valence-corrected chi connectivity index (χ3v) is 3.64. The van der Waals surface area contributed by atoms with E-state index in [9.17, 15) is 0 Å². The molecule has 0 aromatic heterocycles. The van der Waals surface area contributed by atoms with Gasteiger partial charge in [0.2, 0.25) is 0 Å². The molecule has 2 rings (SSSR count). The van der Waals surface area contributed by atoms with E-state index in [0.29, 0.717) is 0 Å². The second-order valence-corrected chi connectivity index (χ2v) is 5.37. The Morgan fingerprint density at radius 3 is 1.94 bits per heavy atom. The number of piperidine rings is 2. The van der Waals surface area contributed by atoms with Crippen LogP contribution in [-0.2, 0) is 0 Å². The van der Waals surface area contributed by atoms with Crippen LogP contribution in [0.3, 0.4) is 0 Å². The molecule has 1 atom stereocenters. The number of likely N-dealkylation sites (tertiary alicyclic amines) is 2. The summed E-state index contributed by atoms with van der Waals surface area (Å²) in [7, 11) is 4.36. The molecule has 0 amide bonds. The third kappa shape index (κ3) is 5.83. The molecule has 0 aromatic rings. The third-order valence-electron chi connectivity index (χ3n) is 3.64. The van der Waals surface area contributed by atoms with E-state index in [2.05, 4.69) is 23.9 Å². The molecule has 3 nitrogen and oxygen atoms in total. The number of nitrogens with zero attached hydrogens (tertiary/aromatic N) is 2. The van der Waals surface area contributed by atoms with Crippen molar-refractivity contribution in [2.75, 3.05) is 46.8 Å². The molecule has 2 N–H and O–H groups in total. The van der Waals surface area contributed by atoms with Crippen LogP contribution in [0.15, 0.2) is 0 Å². The Labute approximate surface area is 101 Å². The molecular formula is C13H29N3. The minimum atomic E-state index is 0.767. The Morgan fingerprint density at radius 2 is 1.56 bits per heavy atom. The fourth-order valence-electron chi connectivity index (χ4n) is 2.52. The van der Waals surface area contributed by atoms with Gasteiger partial charge in [-0.1, -0.05) is 6.42 Å². The van der Waals surface area contributed by atoms with Crippen LogP contribution in [0.5, 0.6) is 0 Å². The van der Waals surface area contributed by atoms with Crippen molar-refractivity contribution in [3.05, 3.63) is 0 Å². The summed E-state index contributed by atoms with van der Waals surface area (Å²) in [5.74, 6) is 0.767. The van der Waals surface area contributed by atoms with Crippen molar-refractivity contribution >= 4 is 0 Å². The standard InChI is InChI=1S/C7H16N2.C6H13N/c1-9-4-2-3-7(5-8)6-9;1-7-5-3-2-4-6-7/h7H,2-6,8H2,1H3;2-6H2,1H3. The van der Waals surface area contributed by atoms with Gasteiger partial charge in [0.05, 0.1) is 0 Å². The molecule has 0 aliphatic carbocycles. The van der Waals surface area contributed by atoms with E-state index in [1.165, 1.54) is 58.3 Å². The maximum atomic E-state index is 5.54. The highest BCUT2D eigenvalue weighted by Gasteiger charge is 2.14. The summed E-state index contributed by atoms with van der Waals surface area (Å²) >= 11 is 0. The van der Waals surface area contributed by atoms with Crippen molar-refractivity contribution < 1.29 is 0 Å². The molecule has 1 unspecified atom stereocenters. The number of hydrogen-bond donors (Lipinski definition) is 1. The van der Waals surface area contributed by atoms with Gasteiger partial charge in [0.1, 0.15) is 0 Å². The molecular weight excluding hydrogens is 198 g/mol. The predicted molar refractivity (Wildman–Crippen MR) is 70.6 cm³/mol. The van der Waals surface area contributed by atoms with E-state index in [-0.39, 0.29) is 0 Å². The average Bonchev–Trinajstić information content (AvgIpc) is 2.31. The maximum Gasteiger partial charge on any atom is 0.00187 e. The van der Waals surface area contributed by atoms with Gasteiger partial charge >= 0.3 is 0 Å². The second-order valence-electron chi connectivity index (χ2n) is 5.37. The van der Waals surface area contributed by atoms with Crippen molar-refractivity contribution in [2.45, 2.75) is 32.1 Å². The maximum absolute atomic E-state index is 5.54. The zero-order chi connectivity index (χ0) is 11.8. The van der Waals surface area contributed by atoms with Gasteiger partial charge in [0, 0.05) is 6.54 Å². The highest BCUT2D eigenvalue weighted by molar-refractivity contribution is 4.70. The van der Waals surface area contributed by atoms with Gasteiger partial charge < -0.3 is 15.5 Å². The summed E-state index contributed by atoms with van der Waals surface area (Å²) in [6.07, 6.45) is 6.94. The molecule has 0 saturated carbocycles. The van der Waals surface area contributed by atoms with Gasteiger partial charge in [-0.15, -0.1) is 0 Å². The molecule has 2 saturated heterocycles. The van der Waals surface area contributed by atoms with E-state index >= 15 is 0 Å². The van der Waals surface area contributed by atoms with E-state index < -0.39 is 0 Å². The normalized spacial score (nSPS) is 28.3. The first-order chi connectivity index (χ1) is 7.72. The molecule has 2 fully saturated rings. The first-order valence-corrected chi connectivity index (χ1v) is 6.79. The number of nitrogens with two attached hydrogens (primary N) is 1. The summed E-state index contributed by atoms with van der Waals surface area (Å²) < 4.78 is 0. The summed E-state index contributed by atoms with van der Waals surface area (Å²) in [5.41, 5.74) is 5.54. The van der Waals surface area contributed by atoms with Gasteiger partial charge in [-0.2, -0.15) is 0 Å². The highest BCUT2D eigenvalue weighted by Crippen LogP contribution is 2.12. The largest absolute Gasteiger partial charge is 0.330 e. The minimum absolute atomic E-state index is 0.767. The van der Waals surface area contributed by atoms with Crippen LogP contribution in [0.1, 0.15) is 32.1 Å². The first kappa shape index (κ1) is 13.9. The summed E-state index contributed by atoms with van der Waals surface area (Å²) in [6.45, 7) is 5.97. The van der Waals surface area contributed by atoms with Crippen molar-refractivity contribution in [1.29, 1.82) is 0 Å². The van der Waals surface area contributed by atoms with Gasteiger partial charge in [-0.3, -0.25) is 0 Å². The smallest absolute Gasteiger partial charge is 0.00187 e. The first-order valence-electron chi connectivity index (χ1n) is 6.79. The highest BCUT2D eigenvalue weighted by atomic mass is 15.1. The number of hydrogen-bond acceptors (Lipinski definition) is 3. The van der Waals surface area contributed by atoms with Crippen LogP contribution in [-0.4, -0.2) is 56.6 Å². The zero-order valence-corrected chi connectivity index (χ0v) is 11.1. The van der Waals surface area contributed by atoms with E-state index in [4.69, 9.17) is 5.73 Å². The van der Waals surface area contributed by atoms with Gasteiger partial charge in [-0.05, 0) is 71.9 Å². The van der Waals surface area contributed by atoms with Crippen LogP contribution >= 0.6 is 0 Å². The lowest BCUT2D eigenvalue weighted by atomic mass is 9.99. The quantitative estimate of drug-likeness (QED) is 0.735. The van der Waals surface area contributed by atoms with E-state index in [1.54, 1.807) is 0 Å². The van der Waals surface area contributed by atoms with Gasteiger partial charge in [0.15, 0.2) is 0 Å². The second kappa shape index (κ2) is 8.04. The minimum Gasteiger partial charge on any atom is -0.330 e. The molecule has 0 aromatic carbocycles. The molecule has 0 bridgehead atoms. The molecule has 16 heavy (non-hydrogen) atoms. The SMILES string of the molecule is CN1CCCC(CN)C1.CN1CCCCC1. The fraction of sp³-hybridized carbons (Fsp3) is 1.00. The molecule has 3 heteroatoms. The van der Waals surface area contributed by atoms with Crippen LogP contribution in [0.2, 0.25) is 0 Å². The Hall–Kier alpha value is -0.120. The van der Waals surface area contributed by atoms with Crippen molar-refractivity contribution in [1.82, 2.24) is 9.80 Å². The van der Waals surface area contributed by atoms with Crippen molar-refractivity contribution in [3.8, 4) is 0 Å². The Kier molecular flexibility index (Phi) is 7.01. The van der Waals surface area contributed by atoms with E-state index in [1.807, 2.05) is 0 Å². The van der Waals surface area contributed by atoms with Crippen molar-refractivity contribution in [2.24, 2.45) is 11.7 Å². The predicted octanol–water partition coefficient (Wildman–Crippen LogP) is 1.39. The number of rotatable bonds is 1. The summed E-state index contributed by atoms with van der Waals surface area (Å²) in [5, 5.41) is 0. The Morgan fingerprint density at radius 1 is 0.938 bits per heavy atom. The van der Waals surface area contributed by atoms with Gasteiger partial charge in [-0.25, -0.2) is 0 Å². The fourth-order valence-corrected chi connectivity index (χ4v) is 2.52. The van der Waals surface area contributed by atoms with Crippen molar-refractivity contribution in [3.63, 3.8) is 0 Å². The van der Waals surface area contributed by atoms with Crippen LogP contribution < -0.4 is 5.73 Å². The van der Waals surface area contributed by atoms with E-state index in [0.717, 1.165) is 12.5 Å². The van der Waals surface area contributed by atoms with Crippen LogP contribution in [0.4, 0.5) is 0 Å². The zero-order valence-electron chi connectivity index (χ0n) is 11.1. The molecule has 0 radical (unpaired) electrons. The lowest BCUT2D eigenvalue weighted by Gasteiger charge is -2.28. The summed E-state index contributed by atoms with van der Waals surface area (Å²) in [4.78, 5) is 4.75. The van der Waals surface area contributed by atoms with Crippen LogP contribution in [0, 0.1) is 5.92 Å². The molecule has 0 spiro atoms. The lowest BCUT2D eigenvalue weighted by molar-refractivity contribution is 0.214. The average molecular weight is 227 g/mol. The van der Waals surface area contributed by atoms with Crippen LogP contribution in [0.25, 0.3) is 0 Å². The molecule has 96 valence electrons. The topological polar surface area (TPSA) is 32.5 Å². The Balaban J connectivity index is 0.000000165. The van der Waals surface area contributed by atoms with Gasteiger partial charge in [0.25, 0.3) is 0 Å². The monoisotopic (exact) mass is 227 g/mol. The summed E-state index contributed by atoms with van der Waals surface area (Å²) in [6, 6.07) is 0. The lowest BCUT2D eigenvalue weighted by Crippen LogP contribution is -2.35. The Bertz CT molecular complexity index is 167. The molecule has 2 aliphatic heterocycles. The molecule has 2 aliphatic rings.